The zero-order valence-electron chi connectivity index (χ0n) is 10.8. The van der Waals surface area contributed by atoms with Crippen molar-refractivity contribution in [1.82, 2.24) is 0 Å². The van der Waals surface area contributed by atoms with Gasteiger partial charge in [0.05, 0.1) is 5.38 Å². The van der Waals surface area contributed by atoms with E-state index in [-0.39, 0.29) is 5.38 Å². The first kappa shape index (κ1) is 13.5. The summed E-state index contributed by atoms with van der Waals surface area (Å²) < 4.78 is 0. The van der Waals surface area contributed by atoms with Crippen LogP contribution in [-0.2, 0) is 0 Å². The molecular weight excluding hydrogens is 263 g/mol. The molecule has 2 aromatic carbocycles. The number of hydrogen-bond donors (Lipinski definition) is 0. The molecule has 0 radical (unpaired) electrons. The molecule has 0 aromatic heterocycles. The molecule has 0 spiro atoms. The smallest absolute Gasteiger partial charge is 0.0841 e. The molecule has 0 aliphatic heterocycles. The lowest BCUT2D eigenvalue weighted by atomic mass is 9.94. The van der Waals surface area contributed by atoms with Crippen molar-refractivity contribution in [3.8, 4) is 0 Å². The first-order valence-corrected chi connectivity index (χ1v) is 6.78. The van der Waals surface area contributed by atoms with E-state index < -0.39 is 0 Å². The molecule has 0 N–H and O–H groups in total. The molecule has 0 aliphatic carbocycles. The normalized spacial score (nSPS) is 12.5. The third-order valence-corrected chi connectivity index (χ3v) is 3.84. The van der Waals surface area contributed by atoms with E-state index in [9.17, 15) is 0 Å². The molecule has 1 atom stereocenters. The monoisotopic (exact) mass is 278 g/mol. The molecule has 0 saturated carbocycles. The van der Waals surface area contributed by atoms with E-state index in [1.165, 1.54) is 22.3 Å². The molecule has 0 bridgehead atoms. The molecule has 18 heavy (non-hydrogen) atoms. The molecule has 0 heterocycles. The van der Waals surface area contributed by atoms with Gasteiger partial charge in [-0.3, -0.25) is 0 Å². The number of rotatable bonds is 2. The predicted octanol–water partition coefficient (Wildman–Crippen LogP) is 5.59. The van der Waals surface area contributed by atoms with E-state index in [2.05, 4.69) is 32.9 Å². The molecule has 2 rings (SSSR count). The molecule has 1 unspecified atom stereocenters. The second-order valence-corrected chi connectivity index (χ2v) is 5.60. The predicted molar refractivity (Wildman–Crippen MR) is 79.8 cm³/mol. The third-order valence-electron chi connectivity index (χ3n) is 3.13. The highest BCUT2D eigenvalue weighted by Crippen LogP contribution is 2.34. The molecule has 2 aromatic rings. The van der Waals surface area contributed by atoms with E-state index >= 15 is 0 Å². The van der Waals surface area contributed by atoms with Gasteiger partial charge in [0, 0.05) is 5.02 Å². The highest BCUT2D eigenvalue weighted by Gasteiger charge is 2.16. The van der Waals surface area contributed by atoms with Gasteiger partial charge in [-0.05, 0) is 55.2 Å². The van der Waals surface area contributed by atoms with Crippen molar-refractivity contribution in [3.05, 3.63) is 69.2 Å². The minimum absolute atomic E-state index is 0.149. The summed E-state index contributed by atoms with van der Waals surface area (Å²) in [6.45, 7) is 6.32. The maximum Gasteiger partial charge on any atom is 0.0841 e. The number of halogens is 2. The molecule has 0 fully saturated rings. The van der Waals surface area contributed by atoms with E-state index in [0.717, 1.165) is 10.6 Å². The van der Waals surface area contributed by atoms with Gasteiger partial charge in [0.1, 0.15) is 0 Å². The van der Waals surface area contributed by atoms with Crippen LogP contribution in [0.5, 0.6) is 0 Å². The zero-order valence-corrected chi connectivity index (χ0v) is 12.3. The molecule has 94 valence electrons. The molecule has 0 saturated heterocycles. The van der Waals surface area contributed by atoms with Crippen molar-refractivity contribution < 1.29 is 0 Å². The summed E-state index contributed by atoms with van der Waals surface area (Å²) in [6, 6.07) is 12.1. The van der Waals surface area contributed by atoms with Crippen LogP contribution in [0.1, 0.15) is 33.2 Å². The Morgan fingerprint density at radius 2 is 1.56 bits per heavy atom. The summed E-state index contributed by atoms with van der Waals surface area (Å²) in [6.07, 6.45) is 0. The van der Waals surface area contributed by atoms with Gasteiger partial charge in [0.25, 0.3) is 0 Å². The minimum atomic E-state index is -0.149. The number of alkyl halides is 1. The van der Waals surface area contributed by atoms with Crippen molar-refractivity contribution >= 4 is 23.2 Å². The quantitative estimate of drug-likeness (QED) is 0.628. The summed E-state index contributed by atoms with van der Waals surface area (Å²) in [5, 5.41) is 0.574. The maximum atomic E-state index is 6.61. The largest absolute Gasteiger partial charge is 0.113 e. The van der Waals surface area contributed by atoms with Crippen molar-refractivity contribution in [1.29, 1.82) is 0 Å². The summed E-state index contributed by atoms with van der Waals surface area (Å²) in [5.74, 6) is 0. The van der Waals surface area contributed by atoms with E-state index in [1.807, 2.05) is 24.3 Å². The first-order valence-electron chi connectivity index (χ1n) is 5.96. The van der Waals surface area contributed by atoms with Gasteiger partial charge in [0.2, 0.25) is 0 Å². The molecular formula is C16H16Cl2. The van der Waals surface area contributed by atoms with E-state index in [0.29, 0.717) is 0 Å². The Morgan fingerprint density at radius 3 is 2.11 bits per heavy atom. The fraction of sp³-hybridized carbons (Fsp3) is 0.250. The van der Waals surface area contributed by atoms with Gasteiger partial charge in [0.15, 0.2) is 0 Å². The Labute approximate surface area is 119 Å². The average Bonchev–Trinajstić information content (AvgIpc) is 2.27. The van der Waals surface area contributed by atoms with Gasteiger partial charge < -0.3 is 0 Å². The van der Waals surface area contributed by atoms with Crippen molar-refractivity contribution in [2.24, 2.45) is 0 Å². The van der Waals surface area contributed by atoms with Crippen LogP contribution in [0, 0.1) is 20.8 Å². The van der Waals surface area contributed by atoms with Crippen molar-refractivity contribution in [3.63, 3.8) is 0 Å². The summed E-state index contributed by atoms with van der Waals surface area (Å²) in [7, 11) is 0. The van der Waals surface area contributed by atoms with Crippen molar-refractivity contribution in [2.75, 3.05) is 0 Å². The molecule has 0 nitrogen and oxygen atoms in total. The minimum Gasteiger partial charge on any atom is -0.113 e. The van der Waals surface area contributed by atoms with Crippen LogP contribution in [0.15, 0.2) is 36.4 Å². The second-order valence-electron chi connectivity index (χ2n) is 4.73. The van der Waals surface area contributed by atoms with Crippen LogP contribution in [0.3, 0.4) is 0 Å². The highest BCUT2D eigenvalue weighted by atomic mass is 35.5. The van der Waals surface area contributed by atoms with E-state index in [4.69, 9.17) is 23.2 Å². The number of hydrogen-bond acceptors (Lipinski definition) is 0. The molecule has 2 heteroatoms. The van der Waals surface area contributed by atoms with Gasteiger partial charge in [-0.1, -0.05) is 41.4 Å². The molecule has 0 amide bonds. The Balaban J connectivity index is 2.49. The first-order chi connectivity index (χ1) is 8.49. The van der Waals surface area contributed by atoms with Gasteiger partial charge in [-0.25, -0.2) is 0 Å². The number of benzene rings is 2. The lowest BCUT2D eigenvalue weighted by Gasteiger charge is -2.17. The Hall–Kier alpha value is -0.980. The maximum absolute atomic E-state index is 6.61. The van der Waals surface area contributed by atoms with Crippen LogP contribution in [0.2, 0.25) is 5.02 Å². The van der Waals surface area contributed by atoms with Crippen LogP contribution in [-0.4, -0.2) is 0 Å². The SMILES string of the molecule is Cc1cc(C)c(C(Cl)c2cccc(Cl)c2)c(C)c1. The molecule has 0 aliphatic rings. The Bertz CT molecular complexity index is 550. The zero-order chi connectivity index (χ0) is 13.3. The fourth-order valence-electron chi connectivity index (χ4n) is 2.42. The summed E-state index contributed by atoms with van der Waals surface area (Å²) in [4.78, 5) is 0. The van der Waals surface area contributed by atoms with Gasteiger partial charge in [-0.15, -0.1) is 11.6 Å². The second kappa shape index (κ2) is 5.34. The number of aryl methyl sites for hydroxylation is 3. The highest BCUT2D eigenvalue weighted by molar-refractivity contribution is 6.30. The third kappa shape index (κ3) is 2.71. The standard InChI is InChI=1S/C16H16Cl2/c1-10-7-11(2)15(12(3)8-10)16(18)13-5-4-6-14(17)9-13/h4-9,16H,1-3H3. The van der Waals surface area contributed by atoms with Crippen LogP contribution >= 0.6 is 23.2 Å². The summed E-state index contributed by atoms with van der Waals surface area (Å²) in [5.41, 5.74) is 5.95. The Morgan fingerprint density at radius 1 is 0.944 bits per heavy atom. The van der Waals surface area contributed by atoms with Gasteiger partial charge in [-0.2, -0.15) is 0 Å². The fourth-order valence-corrected chi connectivity index (χ4v) is 3.10. The Kier molecular flexibility index (Phi) is 3.99. The lowest BCUT2D eigenvalue weighted by Crippen LogP contribution is -2.00. The van der Waals surface area contributed by atoms with Crippen LogP contribution in [0.25, 0.3) is 0 Å². The van der Waals surface area contributed by atoms with Crippen LogP contribution in [0.4, 0.5) is 0 Å². The topological polar surface area (TPSA) is 0 Å². The van der Waals surface area contributed by atoms with Crippen molar-refractivity contribution in [2.45, 2.75) is 26.1 Å². The van der Waals surface area contributed by atoms with Crippen LogP contribution < -0.4 is 0 Å². The lowest BCUT2D eigenvalue weighted by molar-refractivity contribution is 1.07. The average molecular weight is 279 g/mol. The van der Waals surface area contributed by atoms with Gasteiger partial charge >= 0.3 is 0 Å². The van der Waals surface area contributed by atoms with E-state index in [1.54, 1.807) is 0 Å². The summed E-state index contributed by atoms with van der Waals surface area (Å²) >= 11 is 12.6.